The van der Waals surface area contributed by atoms with E-state index in [0.717, 1.165) is 54.4 Å². The number of aryl methyl sites for hydroxylation is 1. The summed E-state index contributed by atoms with van der Waals surface area (Å²) in [7, 11) is 1.93. The molecule has 0 aliphatic carbocycles. The molecule has 176 valence electrons. The first-order valence-electron chi connectivity index (χ1n) is 11.2. The third-order valence-corrected chi connectivity index (χ3v) is 7.12. The molecule has 1 amide bonds. The molecule has 33 heavy (non-hydrogen) atoms. The first kappa shape index (κ1) is 23.9. The number of amides is 1. The summed E-state index contributed by atoms with van der Waals surface area (Å²) in [6.07, 6.45) is 6.88. The van der Waals surface area contributed by atoms with Crippen LogP contribution in [0.3, 0.4) is 0 Å². The molecule has 1 fully saturated rings. The Morgan fingerprint density at radius 2 is 2.03 bits per heavy atom. The first-order chi connectivity index (χ1) is 15.8. The number of piperidine rings is 1. The predicted molar refractivity (Wildman–Crippen MR) is 133 cm³/mol. The summed E-state index contributed by atoms with van der Waals surface area (Å²) >= 11 is 4.90. The molecule has 7 nitrogen and oxygen atoms in total. The average molecular weight is 489 g/mol. The lowest BCUT2D eigenvalue weighted by molar-refractivity contribution is 0.0978. The van der Waals surface area contributed by atoms with E-state index in [1.165, 1.54) is 0 Å². The number of fused-ring (bicyclic) bond motifs is 1. The van der Waals surface area contributed by atoms with Gasteiger partial charge in [-0.2, -0.15) is 0 Å². The maximum absolute atomic E-state index is 12.7. The molecule has 4 rings (SSSR count). The maximum Gasteiger partial charge on any atom is 0.293 e. The summed E-state index contributed by atoms with van der Waals surface area (Å²) in [6, 6.07) is 7.32. The Hall–Kier alpha value is -2.26. The van der Waals surface area contributed by atoms with Gasteiger partial charge in [-0.05, 0) is 37.0 Å². The number of nitrogens with zero attached hydrogens (tertiary/aromatic N) is 3. The number of hydrogen-bond donors (Lipinski definition) is 1. The second-order valence-electron chi connectivity index (χ2n) is 8.77. The topological polar surface area (TPSA) is 82.5 Å². The lowest BCUT2D eigenvalue weighted by Crippen LogP contribution is -2.45. The van der Waals surface area contributed by atoms with Gasteiger partial charge in [-0.15, -0.1) is 9.03 Å². The quantitative estimate of drug-likeness (QED) is 0.486. The molecule has 1 unspecified atom stereocenters. The fourth-order valence-electron chi connectivity index (χ4n) is 3.91. The van der Waals surface area contributed by atoms with Gasteiger partial charge in [0.2, 0.25) is 5.88 Å². The standard InChI is InChI=1S/C24H29ClN4O3S/c1-16(2)15-32-24-21(25)11-18(13-26-24)20-14-28(3)22-12-17(7-8-19(20)22)23(30)27-33(31)29-9-5-4-6-10-29/h7-8,11-14,16H,4-6,9-10,15H2,1-3H3,(H,27,30). The van der Waals surface area contributed by atoms with Gasteiger partial charge < -0.3 is 13.9 Å². The molecule has 0 radical (unpaired) electrons. The van der Waals surface area contributed by atoms with Crippen LogP contribution in [0.1, 0.15) is 43.5 Å². The molecular weight excluding hydrogens is 460 g/mol. The number of aromatic nitrogens is 2. The highest BCUT2D eigenvalue weighted by Gasteiger charge is 2.25. The Morgan fingerprint density at radius 1 is 1.27 bits per heavy atom. The van der Waals surface area contributed by atoms with Crippen molar-refractivity contribution in [1.82, 2.24) is 18.6 Å². The van der Waals surface area contributed by atoms with E-state index in [0.29, 0.717) is 29.0 Å². The van der Waals surface area contributed by atoms with Gasteiger partial charge in [0.15, 0.2) is 11.5 Å². The van der Waals surface area contributed by atoms with E-state index >= 15 is 0 Å². The number of carbonyl (C=O) groups excluding carboxylic acids is 1. The second kappa shape index (κ2) is 10.3. The van der Waals surface area contributed by atoms with Gasteiger partial charge in [0.1, 0.15) is 5.02 Å². The molecule has 1 atom stereocenters. The molecule has 0 saturated carbocycles. The first-order valence-corrected chi connectivity index (χ1v) is 12.7. The van der Waals surface area contributed by atoms with Crippen LogP contribution in [0.4, 0.5) is 0 Å². The minimum Gasteiger partial charge on any atom is -0.573 e. The van der Waals surface area contributed by atoms with Crippen LogP contribution in [0, 0.1) is 5.92 Å². The van der Waals surface area contributed by atoms with Crippen LogP contribution in [-0.4, -0.2) is 44.0 Å². The smallest absolute Gasteiger partial charge is 0.293 e. The van der Waals surface area contributed by atoms with E-state index in [4.69, 9.17) is 16.3 Å². The van der Waals surface area contributed by atoms with Crippen molar-refractivity contribution in [2.45, 2.75) is 33.1 Å². The lowest BCUT2D eigenvalue weighted by atomic mass is 10.0. The molecule has 1 aromatic carbocycles. The summed E-state index contributed by atoms with van der Waals surface area (Å²) in [4.78, 5) is 17.1. The van der Waals surface area contributed by atoms with E-state index in [1.54, 1.807) is 12.3 Å². The number of hydrogen-bond acceptors (Lipinski definition) is 5. The van der Waals surface area contributed by atoms with Crippen molar-refractivity contribution < 1.29 is 14.1 Å². The number of rotatable bonds is 7. The molecule has 1 saturated heterocycles. The second-order valence-corrected chi connectivity index (χ2v) is 10.4. The maximum atomic E-state index is 12.7. The predicted octanol–water partition coefficient (Wildman–Crippen LogP) is 4.72. The van der Waals surface area contributed by atoms with E-state index in [-0.39, 0.29) is 5.91 Å². The summed E-state index contributed by atoms with van der Waals surface area (Å²) in [5, 5.41) is 1.43. The van der Waals surface area contributed by atoms with Gasteiger partial charge >= 0.3 is 0 Å². The number of benzene rings is 1. The summed E-state index contributed by atoms with van der Waals surface area (Å²) in [5.41, 5.74) is 3.18. The van der Waals surface area contributed by atoms with Crippen LogP contribution in [0.15, 0.2) is 36.7 Å². The zero-order valence-electron chi connectivity index (χ0n) is 19.1. The van der Waals surface area contributed by atoms with Gasteiger partial charge in [0, 0.05) is 60.1 Å². The van der Waals surface area contributed by atoms with Crippen LogP contribution >= 0.6 is 11.6 Å². The highest BCUT2D eigenvalue weighted by Crippen LogP contribution is 2.34. The van der Waals surface area contributed by atoms with Crippen LogP contribution < -0.4 is 9.46 Å². The molecule has 1 aliphatic heterocycles. The van der Waals surface area contributed by atoms with E-state index in [2.05, 4.69) is 23.6 Å². The van der Waals surface area contributed by atoms with Crippen molar-refractivity contribution in [1.29, 1.82) is 0 Å². The molecule has 1 N–H and O–H groups in total. The van der Waals surface area contributed by atoms with Crippen LogP contribution in [-0.2, 0) is 18.6 Å². The van der Waals surface area contributed by atoms with Crippen LogP contribution in [0.2, 0.25) is 5.02 Å². The molecule has 0 bridgehead atoms. The van der Waals surface area contributed by atoms with E-state index in [9.17, 15) is 9.35 Å². The van der Waals surface area contributed by atoms with Crippen LogP contribution in [0.25, 0.3) is 22.0 Å². The highest BCUT2D eigenvalue weighted by atomic mass is 35.5. The Kier molecular flexibility index (Phi) is 7.48. The molecule has 2 aromatic heterocycles. The normalized spacial score (nSPS) is 15.7. The minimum absolute atomic E-state index is 0.347. The number of carbonyl (C=O) groups is 1. The molecule has 1 aliphatic rings. The zero-order chi connectivity index (χ0) is 23.5. The van der Waals surface area contributed by atoms with Gasteiger partial charge in [0.25, 0.3) is 5.91 Å². The van der Waals surface area contributed by atoms with Crippen molar-refractivity contribution in [3.05, 3.63) is 47.2 Å². The number of nitrogens with one attached hydrogen (secondary N) is 1. The number of halogens is 1. The summed E-state index contributed by atoms with van der Waals surface area (Å²) < 4.78 is 24.6. The Labute approximate surface area is 202 Å². The summed E-state index contributed by atoms with van der Waals surface area (Å²) in [6.45, 7) is 6.17. The fraction of sp³-hybridized carbons (Fsp3) is 0.417. The number of pyridine rings is 1. The zero-order valence-corrected chi connectivity index (χ0v) is 20.7. The highest BCUT2D eigenvalue weighted by molar-refractivity contribution is 7.87. The van der Waals surface area contributed by atoms with Gasteiger partial charge in [-0.1, -0.05) is 37.9 Å². The SMILES string of the molecule is CC(C)COc1ncc(-c2cn(C)c3cc(C(=O)N[S+]([O-])N4CCCCC4)ccc23)cc1Cl. The van der Waals surface area contributed by atoms with Gasteiger partial charge in [-0.3, -0.25) is 4.79 Å². The van der Waals surface area contributed by atoms with Crippen molar-refractivity contribution in [3.8, 4) is 17.0 Å². The Bertz CT molecular complexity index is 1140. The van der Waals surface area contributed by atoms with Gasteiger partial charge in [-0.25, -0.2) is 4.98 Å². The van der Waals surface area contributed by atoms with Gasteiger partial charge in [0.05, 0.1) is 6.61 Å². The minimum atomic E-state index is -1.52. The average Bonchev–Trinajstić information content (AvgIpc) is 3.14. The van der Waals surface area contributed by atoms with Crippen LogP contribution in [0.5, 0.6) is 5.88 Å². The molecular formula is C24H29ClN4O3S. The fourth-order valence-corrected chi connectivity index (χ4v) is 5.13. The number of ether oxygens (including phenoxy) is 1. The van der Waals surface area contributed by atoms with E-state index < -0.39 is 11.5 Å². The van der Waals surface area contributed by atoms with Crippen molar-refractivity contribution in [3.63, 3.8) is 0 Å². The molecule has 0 spiro atoms. The molecule has 3 aromatic rings. The third kappa shape index (κ3) is 5.46. The van der Waals surface area contributed by atoms with E-state index in [1.807, 2.05) is 40.3 Å². The van der Waals surface area contributed by atoms with Crippen molar-refractivity contribution >= 4 is 40.0 Å². The molecule has 3 heterocycles. The Morgan fingerprint density at radius 3 is 2.73 bits per heavy atom. The monoisotopic (exact) mass is 488 g/mol. The third-order valence-electron chi connectivity index (χ3n) is 5.65. The van der Waals surface area contributed by atoms with Crippen molar-refractivity contribution in [2.24, 2.45) is 13.0 Å². The molecule has 9 heteroatoms. The largest absolute Gasteiger partial charge is 0.573 e. The Balaban J connectivity index is 1.55. The van der Waals surface area contributed by atoms with Crippen molar-refractivity contribution in [2.75, 3.05) is 19.7 Å². The lowest BCUT2D eigenvalue weighted by Gasteiger charge is -2.26. The summed E-state index contributed by atoms with van der Waals surface area (Å²) in [5.74, 6) is 0.458.